The van der Waals surface area contributed by atoms with Crippen LogP contribution in [0.25, 0.3) is 0 Å². The van der Waals surface area contributed by atoms with Crippen molar-refractivity contribution in [1.82, 2.24) is 15.0 Å². The van der Waals surface area contributed by atoms with Crippen LogP contribution < -0.4 is 10.6 Å². The second-order valence-electron chi connectivity index (χ2n) is 5.13. The van der Waals surface area contributed by atoms with Crippen molar-refractivity contribution in [3.8, 4) is 0 Å². The zero-order valence-corrected chi connectivity index (χ0v) is 13.6. The quantitative estimate of drug-likeness (QED) is 0.732. The highest BCUT2D eigenvalue weighted by Crippen LogP contribution is 2.24. The molecule has 0 radical (unpaired) electrons. The van der Waals surface area contributed by atoms with E-state index >= 15 is 0 Å². The molecule has 0 unspecified atom stereocenters. The Balaban J connectivity index is 1.86. The van der Waals surface area contributed by atoms with E-state index in [0.29, 0.717) is 22.7 Å². The van der Waals surface area contributed by atoms with Gasteiger partial charge in [-0.15, -0.1) is 0 Å². The third-order valence-electron chi connectivity index (χ3n) is 3.14. The number of para-hydroxylation sites is 1. The minimum atomic E-state index is 0.445. The maximum Gasteiger partial charge on any atom is 0.232 e. The van der Waals surface area contributed by atoms with E-state index in [-0.39, 0.29) is 0 Å². The van der Waals surface area contributed by atoms with Crippen LogP contribution in [0, 0.1) is 13.8 Å². The van der Waals surface area contributed by atoms with Crippen LogP contribution >= 0.6 is 11.6 Å². The zero-order valence-electron chi connectivity index (χ0n) is 12.8. The minimum Gasteiger partial charge on any atom is -0.324 e. The predicted octanol–water partition coefficient (Wildman–Crippen LogP) is 4.63. The molecule has 0 spiro atoms. The Morgan fingerprint density at radius 2 is 1.57 bits per heavy atom. The van der Waals surface area contributed by atoms with Crippen LogP contribution in [0.2, 0.25) is 5.02 Å². The van der Waals surface area contributed by atoms with Crippen molar-refractivity contribution >= 4 is 34.9 Å². The molecular formula is C17H16ClN5. The average molecular weight is 326 g/mol. The summed E-state index contributed by atoms with van der Waals surface area (Å²) in [4.78, 5) is 13.0. The Kier molecular flexibility index (Phi) is 4.39. The molecule has 6 heteroatoms. The smallest absolute Gasteiger partial charge is 0.232 e. The van der Waals surface area contributed by atoms with Crippen LogP contribution in [0.15, 0.2) is 48.5 Å². The summed E-state index contributed by atoms with van der Waals surface area (Å²) < 4.78 is 0. The zero-order chi connectivity index (χ0) is 16.2. The maximum atomic E-state index is 6.15. The molecule has 0 saturated carbocycles. The lowest BCUT2D eigenvalue weighted by atomic mass is 10.2. The van der Waals surface area contributed by atoms with Crippen molar-refractivity contribution in [1.29, 1.82) is 0 Å². The van der Waals surface area contributed by atoms with Gasteiger partial charge in [0.1, 0.15) is 5.82 Å². The van der Waals surface area contributed by atoms with Gasteiger partial charge in [0.25, 0.3) is 0 Å². The van der Waals surface area contributed by atoms with Gasteiger partial charge in [0.05, 0.1) is 10.7 Å². The Morgan fingerprint density at radius 1 is 0.826 bits per heavy atom. The number of nitrogens with one attached hydrogen (secondary N) is 2. The van der Waals surface area contributed by atoms with Gasteiger partial charge < -0.3 is 10.6 Å². The number of rotatable bonds is 4. The fourth-order valence-corrected chi connectivity index (χ4v) is 2.31. The number of halogens is 1. The second kappa shape index (κ2) is 6.62. The van der Waals surface area contributed by atoms with Crippen molar-refractivity contribution in [2.75, 3.05) is 10.6 Å². The van der Waals surface area contributed by atoms with Gasteiger partial charge in [0.15, 0.2) is 0 Å². The largest absolute Gasteiger partial charge is 0.324 e. The number of benzene rings is 2. The van der Waals surface area contributed by atoms with Gasteiger partial charge >= 0.3 is 0 Å². The van der Waals surface area contributed by atoms with E-state index in [1.807, 2.05) is 62.4 Å². The molecule has 2 N–H and O–H groups in total. The maximum absolute atomic E-state index is 6.15. The Bertz CT molecular complexity index is 835. The number of aryl methyl sites for hydroxylation is 2. The number of nitrogens with zero attached hydrogens (tertiary/aromatic N) is 3. The molecule has 23 heavy (non-hydrogen) atoms. The van der Waals surface area contributed by atoms with E-state index in [1.165, 1.54) is 0 Å². The molecule has 3 aromatic rings. The first-order chi connectivity index (χ1) is 11.1. The normalized spacial score (nSPS) is 10.4. The molecule has 0 bridgehead atoms. The first kappa shape index (κ1) is 15.2. The summed E-state index contributed by atoms with van der Waals surface area (Å²) >= 11 is 6.15. The Morgan fingerprint density at radius 3 is 2.30 bits per heavy atom. The Labute approximate surface area is 139 Å². The summed E-state index contributed by atoms with van der Waals surface area (Å²) in [6, 6.07) is 15.5. The first-order valence-electron chi connectivity index (χ1n) is 7.18. The monoisotopic (exact) mass is 325 g/mol. The molecule has 1 aromatic heterocycles. The molecule has 0 aliphatic heterocycles. The summed E-state index contributed by atoms with van der Waals surface area (Å²) in [5.74, 6) is 1.54. The summed E-state index contributed by atoms with van der Waals surface area (Å²) in [6.45, 7) is 3.86. The molecule has 116 valence electrons. The van der Waals surface area contributed by atoms with Crippen LogP contribution in [0.4, 0.5) is 23.3 Å². The SMILES string of the molecule is Cc1cccc(Nc2nc(C)nc(Nc3ccccc3Cl)n2)c1. The summed E-state index contributed by atoms with van der Waals surface area (Å²) in [5.41, 5.74) is 2.84. The third-order valence-corrected chi connectivity index (χ3v) is 3.47. The van der Waals surface area contributed by atoms with E-state index < -0.39 is 0 Å². The number of hydrogen-bond acceptors (Lipinski definition) is 5. The van der Waals surface area contributed by atoms with Crippen LogP contribution in [-0.4, -0.2) is 15.0 Å². The van der Waals surface area contributed by atoms with Gasteiger partial charge in [0.2, 0.25) is 11.9 Å². The number of aromatic nitrogens is 3. The summed E-state index contributed by atoms with van der Waals surface area (Å²) in [6.07, 6.45) is 0. The molecule has 0 aliphatic carbocycles. The van der Waals surface area contributed by atoms with Crippen molar-refractivity contribution in [2.45, 2.75) is 13.8 Å². The Hall–Kier alpha value is -2.66. The van der Waals surface area contributed by atoms with Crippen molar-refractivity contribution in [3.05, 3.63) is 64.9 Å². The molecular weight excluding hydrogens is 310 g/mol. The highest BCUT2D eigenvalue weighted by molar-refractivity contribution is 6.33. The average Bonchev–Trinajstić information content (AvgIpc) is 2.49. The topological polar surface area (TPSA) is 62.7 Å². The highest BCUT2D eigenvalue weighted by atomic mass is 35.5. The van der Waals surface area contributed by atoms with Crippen LogP contribution in [0.1, 0.15) is 11.4 Å². The molecule has 5 nitrogen and oxygen atoms in total. The van der Waals surface area contributed by atoms with Crippen molar-refractivity contribution < 1.29 is 0 Å². The van der Waals surface area contributed by atoms with Gasteiger partial charge in [0, 0.05) is 5.69 Å². The fourth-order valence-electron chi connectivity index (χ4n) is 2.13. The molecule has 0 saturated heterocycles. The van der Waals surface area contributed by atoms with Crippen molar-refractivity contribution in [3.63, 3.8) is 0 Å². The lowest BCUT2D eigenvalue weighted by Gasteiger charge is -2.10. The van der Waals surface area contributed by atoms with E-state index in [9.17, 15) is 0 Å². The lowest BCUT2D eigenvalue weighted by Crippen LogP contribution is -2.05. The van der Waals surface area contributed by atoms with Gasteiger partial charge in [-0.05, 0) is 43.7 Å². The van der Waals surface area contributed by atoms with E-state index in [4.69, 9.17) is 11.6 Å². The van der Waals surface area contributed by atoms with Gasteiger partial charge in [-0.1, -0.05) is 35.9 Å². The van der Waals surface area contributed by atoms with E-state index in [2.05, 4.69) is 25.6 Å². The third kappa shape index (κ3) is 3.96. The molecule has 0 atom stereocenters. The van der Waals surface area contributed by atoms with E-state index in [1.54, 1.807) is 0 Å². The van der Waals surface area contributed by atoms with Gasteiger partial charge in [-0.3, -0.25) is 0 Å². The first-order valence-corrected chi connectivity index (χ1v) is 7.56. The minimum absolute atomic E-state index is 0.445. The van der Waals surface area contributed by atoms with Crippen molar-refractivity contribution in [2.24, 2.45) is 0 Å². The molecule has 0 aliphatic rings. The van der Waals surface area contributed by atoms with E-state index in [0.717, 1.165) is 16.9 Å². The molecule has 0 fully saturated rings. The van der Waals surface area contributed by atoms with Gasteiger partial charge in [-0.2, -0.15) is 15.0 Å². The molecule has 3 rings (SSSR count). The van der Waals surface area contributed by atoms with Crippen LogP contribution in [0.5, 0.6) is 0 Å². The predicted molar refractivity (Wildman–Crippen MR) is 93.8 cm³/mol. The summed E-state index contributed by atoms with van der Waals surface area (Å²) in [7, 11) is 0. The summed E-state index contributed by atoms with van der Waals surface area (Å²) in [5, 5.41) is 6.92. The fraction of sp³-hybridized carbons (Fsp3) is 0.118. The van der Waals surface area contributed by atoms with Crippen LogP contribution in [0.3, 0.4) is 0 Å². The van der Waals surface area contributed by atoms with Gasteiger partial charge in [-0.25, -0.2) is 0 Å². The lowest BCUT2D eigenvalue weighted by molar-refractivity contribution is 0.989. The highest BCUT2D eigenvalue weighted by Gasteiger charge is 2.06. The van der Waals surface area contributed by atoms with Crippen LogP contribution in [-0.2, 0) is 0 Å². The number of anilines is 4. The number of hydrogen-bond donors (Lipinski definition) is 2. The molecule has 2 aromatic carbocycles. The molecule has 0 amide bonds. The standard InChI is InChI=1S/C17H16ClN5/c1-11-6-5-7-13(10-11)21-16-19-12(2)20-17(23-16)22-15-9-4-3-8-14(15)18/h3-10H,1-2H3,(H2,19,20,21,22,23). The second-order valence-corrected chi connectivity index (χ2v) is 5.54. The molecule has 1 heterocycles.